The third-order valence-corrected chi connectivity index (χ3v) is 3.59. The van der Waals surface area contributed by atoms with Gasteiger partial charge in [0.2, 0.25) is 5.89 Å². The standard InChI is InChI=1S/C16H23N3O/c1-4-7-14(17-3)11-16-18-15(19-20-16)10-13-9-6-5-8-12(13)2/h5-6,8-9,14,17H,4,7,10-11H2,1-3H3. The molecule has 0 aliphatic rings. The van der Waals surface area contributed by atoms with Gasteiger partial charge in [-0.3, -0.25) is 0 Å². The fourth-order valence-corrected chi connectivity index (χ4v) is 2.33. The third-order valence-electron chi connectivity index (χ3n) is 3.59. The number of benzene rings is 1. The van der Waals surface area contributed by atoms with Crippen molar-refractivity contribution in [2.45, 2.75) is 45.6 Å². The Morgan fingerprint density at radius 3 is 2.80 bits per heavy atom. The lowest BCUT2D eigenvalue weighted by Crippen LogP contribution is -2.27. The quantitative estimate of drug-likeness (QED) is 0.842. The SMILES string of the molecule is CCCC(Cc1nc(Cc2ccccc2C)no1)NC. The molecule has 20 heavy (non-hydrogen) atoms. The molecule has 0 amide bonds. The maximum absolute atomic E-state index is 5.35. The molecule has 4 nitrogen and oxygen atoms in total. The van der Waals surface area contributed by atoms with E-state index in [4.69, 9.17) is 4.52 Å². The predicted octanol–water partition coefficient (Wildman–Crippen LogP) is 2.90. The van der Waals surface area contributed by atoms with Crippen molar-refractivity contribution in [3.63, 3.8) is 0 Å². The molecule has 1 aromatic carbocycles. The second-order valence-corrected chi connectivity index (χ2v) is 5.19. The molecule has 0 bridgehead atoms. The summed E-state index contributed by atoms with van der Waals surface area (Å²) in [5.41, 5.74) is 2.51. The molecule has 0 saturated carbocycles. The van der Waals surface area contributed by atoms with Gasteiger partial charge in [-0.25, -0.2) is 0 Å². The Morgan fingerprint density at radius 2 is 2.10 bits per heavy atom. The minimum absolute atomic E-state index is 0.409. The van der Waals surface area contributed by atoms with E-state index in [0.29, 0.717) is 6.04 Å². The van der Waals surface area contributed by atoms with Crippen LogP contribution in [0.25, 0.3) is 0 Å². The highest BCUT2D eigenvalue weighted by Crippen LogP contribution is 2.12. The van der Waals surface area contributed by atoms with E-state index < -0.39 is 0 Å². The van der Waals surface area contributed by atoms with Gasteiger partial charge in [0.1, 0.15) is 0 Å². The van der Waals surface area contributed by atoms with Gasteiger partial charge in [-0.1, -0.05) is 42.8 Å². The fourth-order valence-electron chi connectivity index (χ4n) is 2.33. The van der Waals surface area contributed by atoms with Gasteiger partial charge in [-0.15, -0.1) is 0 Å². The van der Waals surface area contributed by atoms with Crippen LogP contribution in [-0.4, -0.2) is 23.2 Å². The first-order valence-corrected chi connectivity index (χ1v) is 7.26. The van der Waals surface area contributed by atoms with Crippen molar-refractivity contribution in [1.29, 1.82) is 0 Å². The summed E-state index contributed by atoms with van der Waals surface area (Å²) < 4.78 is 5.35. The first-order chi connectivity index (χ1) is 9.72. The molecule has 0 radical (unpaired) electrons. The maximum Gasteiger partial charge on any atom is 0.228 e. The van der Waals surface area contributed by atoms with Crippen LogP contribution in [0.4, 0.5) is 0 Å². The number of hydrogen-bond acceptors (Lipinski definition) is 4. The summed E-state index contributed by atoms with van der Waals surface area (Å²) >= 11 is 0. The highest BCUT2D eigenvalue weighted by atomic mass is 16.5. The van der Waals surface area contributed by atoms with Gasteiger partial charge >= 0.3 is 0 Å². The lowest BCUT2D eigenvalue weighted by molar-refractivity contribution is 0.352. The minimum Gasteiger partial charge on any atom is -0.339 e. The van der Waals surface area contributed by atoms with Crippen molar-refractivity contribution in [2.24, 2.45) is 0 Å². The summed E-state index contributed by atoms with van der Waals surface area (Å²) in [5, 5.41) is 7.38. The second-order valence-electron chi connectivity index (χ2n) is 5.19. The Labute approximate surface area is 120 Å². The molecule has 0 aliphatic heterocycles. The molecule has 0 saturated heterocycles. The Morgan fingerprint density at radius 1 is 1.30 bits per heavy atom. The Balaban J connectivity index is 2.00. The van der Waals surface area contributed by atoms with Gasteiger partial charge in [0, 0.05) is 18.9 Å². The molecule has 1 N–H and O–H groups in total. The van der Waals surface area contributed by atoms with Gasteiger partial charge in [0.15, 0.2) is 5.82 Å². The van der Waals surface area contributed by atoms with E-state index in [-0.39, 0.29) is 0 Å². The molecule has 1 aromatic heterocycles. The number of aromatic nitrogens is 2. The van der Waals surface area contributed by atoms with Crippen molar-refractivity contribution in [3.05, 3.63) is 47.1 Å². The van der Waals surface area contributed by atoms with E-state index in [1.807, 2.05) is 19.2 Å². The number of hydrogen-bond donors (Lipinski definition) is 1. The van der Waals surface area contributed by atoms with E-state index in [2.05, 4.69) is 41.4 Å². The lowest BCUT2D eigenvalue weighted by Gasteiger charge is -2.11. The normalized spacial score (nSPS) is 12.6. The molecule has 0 spiro atoms. The van der Waals surface area contributed by atoms with Crippen molar-refractivity contribution in [2.75, 3.05) is 7.05 Å². The molecule has 108 valence electrons. The molecule has 4 heteroatoms. The molecular weight excluding hydrogens is 250 g/mol. The van der Waals surface area contributed by atoms with Gasteiger partial charge in [-0.05, 0) is 31.5 Å². The van der Waals surface area contributed by atoms with Gasteiger partial charge < -0.3 is 9.84 Å². The summed E-state index contributed by atoms with van der Waals surface area (Å²) in [4.78, 5) is 4.50. The first-order valence-electron chi connectivity index (χ1n) is 7.26. The molecular formula is C16H23N3O. The maximum atomic E-state index is 5.35. The zero-order chi connectivity index (χ0) is 14.4. The molecule has 1 unspecified atom stereocenters. The predicted molar refractivity (Wildman–Crippen MR) is 79.7 cm³/mol. The van der Waals surface area contributed by atoms with Gasteiger partial charge in [0.05, 0.1) is 0 Å². The van der Waals surface area contributed by atoms with Crippen LogP contribution >= 0.6 is 0 Å². The highest BCUT2D eigenvalue weighted by Gasteiger charge is 2.13. The van der Waals surface area contributed by atoms with Crippen LogP contribution in [0.5, 0.6) is 0 Å². The second kappa shape index (κ2) is 7.20. The lowest BCUT2D eigenvalue weighted by atomic mass is 10.1. The van der Waals surface area contributed by atoms with E-state index in [1.165, 1.54) is 11.1 Å². The highest BCUT2D eigenvalue weighted by molar-refractivity contribution is 5.27. The minimum atomic E-state index is 0.409. The van der Waals surface area contributed by atoms with Crippen LogP contribution in [0, 0.1) is 6.92 Å². The summed E-state index contributed by atoms with van der Waals surface area (Å²) in [6.45, 7) is 4.29. The van der Waals surface area contributed by atoms with Crippen LogP contribution in [-0.2, 0) is 12.8 Å². The molecule has 1 heterocycles. The average molecular weight is 273 g/mol. The van der Waals surface area contributed by atoms with Crippen molar-refractivity contribution in [3.8, 4) is 0 Å². The van der Waals surface area contributed by atoms with Crippen molar-refractivity contribution in [1.82, 2.24) is 15.5 Å². The van der Waals surface area contributed by atoms with Crippen molar-refractivity contribution >= 4 is 0 Å². The molecule has 2 rings (SSSR count). The fraction of sp³-hybridized carbons (Fsp3) is 0.500. The van der Waals surface area contributed by atoms with E-state index in [1.54, 1.807) is 0 Å². The summed E-state index contributed by atoms with van der Waals surface area (Å²) in [6.07, 6.45) is 3.79. The molecule has 0 fully saturated rings. The van der Waals surface area contributed by atoms with Crippen LogP contribution in [0.1, 0.15) is 42.6 Å². The van der Waals surface area contributed by atoms with E-state index >= 15 is 0 Å². The summed E-state index contributed by atoms with van der Waals surface area (Å²) in [6, 6.07) is 8.71. The molecule has 0 aliphatic carbocycles. The van der Waals surface area contributed by atoms with Gasteiger partial charge in [0.25, 0.3) is 0 Å². The largest absolute Gasteiger partial charge is 0.339 e. The van der Waals surface area contributed by atoms with E-state index in [9.17, 15) is 0 Å². The zero-order valence-electron chi connectivity index (χ0n) is 12.5. The van der Waals surface area contributed by atoms with Crippen LogP contribution in [0.15, 0.2) is 28.8 Å². The third kappa shape index (κ3) is 3.90. The summed E-state index contributed by atoms with van der Waals surface area (Å²) in [7, 11) is 1.98. The topological polar surface area (TPSA) is 51.0 Å². The average Bonchev–Trinajstić information content (AvgIpc) is 2.88. The number of likely N-dealkylation sites (N-methyl/N-ethyl adjacent to an activating group) is 1. The zero-order valence-corrected chi connectivity index (χ0v) is 12.5. The van der Waals surface area contributed by atoms with Crippen LogP contribution in [0.3, 0.4) is 0 Å². The van der Waals surface area contributed by atoms with Crippen molar-refractivity contribution < 1.29 is 4.52 Å². The molecule has 2 aromatic rings. The monoisotopic (exact) mass is 273 g/mol. The Bertz CT molecular complexity index is 536. The van der Waals surface area contributed by atoms with Crippen LogP contribution < -0.4 is 5.32 Å². The molecule has 1 atom stereocenters. The van der Waals surface area contributed by atoms with Gasteiger partial charge in [-0.2, -0.15) is 4.98 Å². The number of nitrogens with zero attached hydrogens (tertiary/aromatic N) is 2. The number of aryl methyl sites for hydroxylation is 1. The first kappa shape index (κ1) is 14.7. The Kier molecular flexibility index (Phi) is 5.30. The smallest absolute Gasteiger partial charge is 0.228 e. The number of rotatable bonds is 7. The number of nitrogens with one attached hydrogen (secondary N) is 1. The van der Waals surface area contributed by atoms with E-state index in [0.717, 1.165) is 37.4 Å². The van der Waals surface area contributed by atoms with Crippen LogP contribution in [0.2, 0.25) is 0 Å². The summed E-state index contributed by atoms with van der Waals surface area (Å²) in [5.74, 6) is 1.49. The Hall–Kier alpha value is -1.68.